The number of likely N-dealkylation sites (tertiary alicyclic amines) is 1. The molecule has 0 aliphatic carbocycles. The number of aromatic nitrogens is 6. The molecule has 1 fully saturated rings. The number of imidazole rings is 1. The van der Waals surface area contributed by atoms with Crippen LogP contribution in [0.1, 0.15) is 46.6 Å². The third-order valence-electron chi connectivity index (χ3n) is 5.22. The average molecular weight is 365 g/mol. The van der Waals surface area contributed by atoms with Gasteiger partial charge in [-0.1, -0.05) is 0 Å². The van der Waals surface area contributed by atoms with Crippen LogP contribution in [0.5, 0.6) is 0 Å². The molecule has 8 heteroatoms. The van der Waals surface area contributed by atoms with E-state index in [0.29, 0.717) is 18.7 Å². The van der Waals surface area contributed by atoms with Crippen LogP contribution in [0.2, 0.25) is 0 Å². The lowest BCUT2D eigenvalue weighted by atomic mass is 9.96. The maximum absolute atomic E-state index is 12.7. The van der Waals surface area contributed by atoms with Crippen molar-refractivity contribution in [2.75, 3.05) is 13.1 Å². The monoisotopic (exact) mass is 365 g/mol. The molecule has 1 aliphatic heterocycles. The Balaban J connectivity index is 1.50. The van der Waals surface area contributed by atoms with Crippen LogP contribution in [-0.2, 0) is 13.6 Å². The van der Waals surface area contributed by atoms with Gasteiger partial charge < -0.3 is 14.0 Å². The van der Waals surface area contributed by atoms with E-state index in [-0.39, 0.29) is 11.8 Å². The second-order valence-corrected chi connectivity index (χ2v) is 6.97. The maximum atomic E-state index is 12.7. The number of amides is 1. The molecule has 4 heterocycles. The van der Waals surface area contributed by atoms with Crippen LogP contribution in [0.3, 0.4) is 0 Å². The lowest BCUT2D eigenvalue weighted by Gasteiger charge is -2.32. The Kier molecular flexibility index (Phi) is 4.70. The third-order valence-corrected chi connectivity index (χ3v) is 5.22. The zero-order valence-electron chi connectivity index (χ0n) is 15.6. The number of carbonyl (C=O) groups is 1. The number of nitrogens with zero attached hydrogens (tertiary/aromatic N) is 7. The SMILES string of the molecule is Cc1nccn1Cc1nnc([C@H]2CCCN(C(=O)c3cccnc3)C2)n1C. The van der Waals surface area contributed by atoms with Gasteiger partial charge in [-0.05, 0) is 31.9 Å². The predicted octanol–water partition coefficient (Wildman–Crippen LogP) is 1.78. The molecule has 3 aromatic rings. The van der Waals surface area contributed by atoms with Crippen LogP contribution < -0.4 is 0 Å². The van der Waals surface area contributed by atoms with Crippen LogP contribution in [-0.4, -0.2) is 53.2 Å². The highest BCUT2D eigenvalue weighted by Crippen LogP contribution is 2.26. The molecule has 0 spiro atoms. The molecule has 0 bridgehead atoms. The molecular weight excluding hydrogens is 342 g/mol. The van der Waals surface area contributed by atoms with E-state index < -0.39 is 0 Å². The van der Waals surface area contributed by atoms with E-state index in [1.54, 1.807) is 24.7 Å². The van der Waals surface area contributed by atoms with Gasteiger partial charge in [0.15, 0.2) is 5.82 Å². The summed E-state index contributed by atoms with van der Waals surface area (Å²) < 4.78 is 4.11. The normalized spacial score (nSPS) is 17.3. The van der Waals surface area contributed by atoms with Gasteiger partial charge in [0.05, 0.1) is 12.1 Å². The topological polar surface area (TPSA) is 81.7 Å². The fourth-order valence-electron chi connectivity index (χ4n) is 3.64. The first-order valence-corrected chi connectivity index (χ1v) is 9.18. The molecule has 0 aromatic carbocycles. The minimum absolute atomic E-state index is 0.0317. The van der Waals surface area contributed by atoms with E-state index in [9.17, 15) is 4.79 Å². The fourth-order valence-corrected chi connectivity index (χ4v) is 3.64. The minimum Gasteiger partial charge on any atom is -0.338 e. The van der Waals surface area contributed by atoms with E-state index in [2.05, 4.69) is 24.7 Å². The van der Waals surface area contributed by atoms with Crippen LogP contribution in [0.15, 0.2) is 36.9 Å². The number of piperidine rings is 1. The molecule has 0 saturated carbocycles. The first-order valence-electron chi connectivity index (χ1n) is 9.18. The number of hydrogen-bond acceptors (Lipinski definition) is 5. The number of pyridine rings is 1. The summed E-state index contributed by atoms with van der Waals surface area (Å²) in [7, 11) is 2.00. The standard InChI is InChI=1S/C19H23N7O/c1-14-21-8-10-25(14)13-17-22-23-18(24(17)2)16-6-4-9-26(12-16)19(27)15-5-3-7-20-11-15/h3,5,7-8,10-11,16H,4,6,9,12-13H2,1-2H3/t16-/m0/s1. The molecule has 0 N–H and O–H groups in total. The second kappa shape index (κ2) is 7.30. The molecule has 0 unspecified atom stereocenters. The Bertz CT molecular complexity index is 931. The van der Waals surface area contributed by atoms with Crippen molar-refractivity contribution in [3.63, 3.8) is 0 Å². The van der Waals surface area contributed by atoms with Gasteiger partial charge in [0.25, 0.3) is 5.91 Å². The highest BCUT2D eigenvalue weighted by Gasteiger charge is 2.29. The number of carbonyl (C=O) groups excluding carboxylic acids is 1. The third kappa shape index (κ3) is 3.47. The summed E-state index contributed by atoms with van der Waals surface area (Å²) in [5.74, 6) is 3.00. The zero-order chi connectivity index (χ0) is 18.8. The maximum Gasteiger partial charge on any atom is 0.255 e. The molecular formula is C19H23N7O. The smallest absolute Gasteiger partial charge is 0.255 e. The quantitative estimate of drug-likeness (QED) is 0.704. The molecule has 0 radical (unpaired) electrons. The Labute approximate surface area is 157 Å². The highest BCUT2D eigenvalue weighted by atomic mass is 16.2. The first kappa shape index (κ1) is 17.4. The van der Waals surface area contributed by atoms with Crippen molar-refractivity contribution >= 4 is 5.91 Å². The Morgan fingerprint density at radius 3 is 2.93 bits per heavy atom. The first-order chi connectivity index (χ1) is 13.1. The van der Waals surface area contributed by atoms with Gasteiger partial charge in [-0.25, -0.2) is 4.98 Å². The van der Waals surface area contributed by atoms with E-state index in [0.717, 1.165) is 36.9 Å². The van der Waals surface area contributed by atoms with Gasteiger partial charge >= 0.3 is 0 Å². The van der Waals surface area contributed by atoms with Crippen LogP contribution in [0, 0.1) is 6.92 Å². The van der Waals surface area contributed by atoms with Crippen molar-refractivity contribution in [1.82, 2.24) is 34.2 Å². The number of rotatable bonds is 4. The fraction of sp³-hybridized carbons (Fsp3) is 0.421. The van der Waals surface area contributed by atoms with Crippen LogP contribution in [0.25, 0.3) is 0 Å². The van der Waals surface area contributed by atoms with Crippen LogP contribution >= 0.6 is 0 Å². The molecule has 4 rings (SSSR count). The molecule has 1 saturated heterocycles. The van der Waals surface area contributed by atoms with Crippen LogP contribution in [0.4, 0.5) is 0 Å². The molecule has 27 heavy (non-hydrogen) atoms. The van der Waals surface area contributed by atoms with Gasteiger partial charge in [0.2, 0.25) is 0 Å². The van der Waals surface area contributed by atoms with Crippen molar-refractivity contribution in [3.05, 3.63) is 60.0 Å². The van der Waals surface area contributed by atoms with E-state index in [1.807, 2.05) is 35.7 Å². The molecule has 140 valence electrons. The average Bonchev–Trinajstić information content (AvgIpc) is 3.28. The van der Waals surface area contributed by atoms with Gasteiger partial charge in [0.1, 0.15) is 11.6 Å². The van der Waals surface area contributed by atoms with Gasteiger partial charge in [-0.3, -0.25) is 9.78 Å². The Morgan fingerprint density at radius 2 is 2.19 bits per heavy atom. The lowest BCUT2D eigenvalue weighted by Crippen LogP contribution is -2.39. The highest BCUT2D eigenvalue weighted by molar-refractivity contribution is 5.93. The summed E-state index contributed by atoms with van der Waals surface area (Å²) in [6, 6.07) is 3.61. The molecule has 1 amide bonds. The molecule has 1 aliphatic rings. The zero-order valence-corrected chi connectivity index (χ0v) is 15.6. The predicted molar refractivity (Wildman–Crippen MR) is 99.2 cm³/mol. The number of aryl methyl sites for hydroxylation is 1. The second-order valence-electron chi connectivity index (χ2n) is 6.97. The molecule has 3 aromatic heterocycles. The van der Waals surface area contributed by atoms with E-state index >= 15 is 0 Å². The van der Waals surface area contributed by atoms with Crippen molar-refractivity contribution in [3.8, 4) is 0 Å². The van der Waals surface area contributed by atoms with E-state index in [1.165, 1.54) is 0 Å². The van der Waals surface area contributed by atoms with Crippen molar-refractivity contribution < 1.29 is 4.79 Å². The van der Waals surface area contributed by atoms with E-state index in [4.69, 9.17) is 0 Å². The molecule has 1 atom stereocenters. The Morgan fingerprint density at radius 1 is 1.30 bits per heavy atom. The summed E-state index contributed by atoms with van der Waals surface area (Å²) in [5.41, 5.74) is 0.632. The summed E-state index contributed by atoms with van der Waals surface area (Å²) in [5, 5.41) is 8.83. The Hall–Kier alpha value is -3.03. The number of hydrogen-bond donors (Lipinski definition) is 0. The summed E-state index contributed by atoms with van der Waals surface area (Å²) in [4.78, 5) is 23.0. The van der Waals surface area contributed by atoms with Crippen molar-refractivity contribution in [2.24, 2.45) is 7.05 Å². The summed E-state index contributed by atoms with van der Waals surface area (Å²) in [6.07, 6.45) is 9.00. The largest absolute Gasteiger partial charge is 0.338 e. The minimum atomic E-state index is 0.0317. The molecule has 8 nitrogen and oxygen atoms in total. The summed E-state index contributed by atoms with van der Waals surface area (Å²) >= 11 is 0. The van der Waals surface area contributed by atoms with Gasteiger partial charge in [-0.2, -0.15) is 0 Å². The van der Waals surface area contributed by atoms with Gasteiger partial charge in [-0.15, -0.1) is 10.2 Å². The van der Waals surface area contributed by atoms with Crippen molar-refractivity contribution in [2.45, 2.75) is 32.2 Å². The van der Waals surface area contributed by atoms with Gasteiger partial charge in [0, 0.05) is 50.8 Å². The summed E-state index contributed by atoms with van der Waals surface area (Å²) in [6.45, 7) is 4.04. The van der Waals surface area contributed by atoms with Crippen molar-refractivity contribution in [1.29, 1.82) is 0 Å². The lowest BCUT2D eigenvalue weighted by molar-refractivity contribution is 0.0703.